The lowest BCUT2D eigenvalue weighted by Crippen LogP contribution is -2.47. The van der Waals surface area contributed by atoms with E-state index < -0.39 is 10.0 Å². The lowest BCUT2D eigenvalue weighted by Gasteiger charge is -2.36. The lowest BCUT2D eigenvalue weighted by molar-refractivity contribution is 0.270. The maximum atomic E-state index is 12.9. The molecule has 0 radical (unpaired) electrons. The minimum absolute atomic E-state index is 0.00407. The topological polar surface area (TPSA) is 62.5 Å². The molecule has 0 bridgehead atoms. The third kappa shape index (κ3) is 2.76. The summed E-state index contributed by atoms with van der Waals surface area (Å²) < 4.78 is 29.3. The monoisotopic (exact) mass is 330 g/mol. The second-order valence-corrected chi connectivity index (χ2v) is 9.27. The number of aromatic nitrogens is 1. The normalized spacial score (nSPS) is 28.0. The van der Waals surface area contributed by atoms with Crippen LogP contribution in [0, 0.1) is 0 Å². The molecule has 1 aliphatic heterocycles. The molecule has 1 aliphatic carbocycles. The maximum Gasteiger partial charge on any atom is 0.244 e. The van der Waals surface area contributed by atoms with Crippen LogP contribution >= 0.6 is 11.8 Å². The molecule has 2 heterocycles. The third-order valence-corrected chi connectivity index (χ3v) is 7.73. The Bertz CT molecular complexity index is 622. The van der Waals surface area contributed by atoms with Crippen LogP contribution in [-0.2, 0) is 16.6 Å². The van der Waals surface area contributed by atoms with Gasteiger partial charge >= 0.3 is 0 Å². The molecule has 1 saturated heterocycles. The maximum absolute atomic E-state index is 12.9. The Kier molecular flexibility index (Phi) is 4.11. The fourth-order valence-corrected chi connectivity index (χ4v) is 5.88. The zero-order valence-corrected chi connectivity index (χ0v) is 14.0. The summed E-state index contributed by atoms with van der Waals surface area (Å²) in [4.78, 5) is 0.324. The molecule has 2 fully saturated rings. The van der Waals surface area contributed by atoms with Gasteiger partial charge in [0, 0.05) is 41.5 Å². The molecule has 2 aliphatic rings. The molecule has 1 aromatic rings. The average Bonchev–Trinajstić information content (AvgIpc) is 3.20. The number of rotatable bonds is 4. The fourth-order valence-electron chi connectivity index (χ4n) is 2.84. The number of aliphatic hydroxyl groups excluding tert-OH is 1. The molecular weight excluding hydrogens is 308 g/mol. The van der Waals surface area contributed by atoms with Crippen molar-refractivity contribution in [2.24, 2.45) is 0 Å². The predicted octanol–water partition coefficient (Wildman–Crippen LogP) is 1.83. The summed E-state index contributed by atoms with van der Waals surface area (Å²) in [6, 6.07) is 1.99. The summed E-state index contributed by atoms with van der Waals surface area (Å²) >= 11 is 1.82. The van der Waals surface area contributed by atoms with Gasteiger partial charge in [-0.1, -0.05) is 6.92 Å². The Morgan fingerprint density at radius 1 is 1.38 bits per heavy atom. The van der Waals surface area contributed by atoms with Gasteiger partial charge in [-0.2, -0.15) is 16.1 Å². The van der Waals surface area contributed by atoms with Gasteiger partial charge in [-0.05, 0) is 25.8 Å². The molecule has 21 heavy (non-hydrogen) atoms. The van der Waals surface area contributed by atoms with Gasteiger partial charge in [0.1, 0.15) is 4.90 Å². The zero-order valence-electron chi connectivity index (χ0n) is 12.4. The number of nitrogens with zero attached hydrogens (tertiary/aromatic N) is 2. The van der Waals surface area contributed by atoms with Crippen molar-refractivity contribution < 1.29 is 13.5 Å². The van der Waals surface area contributed by atoms with Gasteiger partial charge in [0.25, 0.3) is 0 Å². The Hall–Kier alpha value is -0.500. The van der Waals surface area contributed by atoms with Gasteiger partial charge < -0.3 is 9.67 Å². The van der Waals surface area contributed by atoms with Gasteiger partial charge in [0.15, 0.2) is 0 Å². The summed E-state index contributed by atoms with van der Waals surface area (Å²) in [5, 5.41) is 9.75. The summed E-state index contributed by atoms with van der Waals surface area (Å²) in [5.74, 6) is 0.834. The Balaban J connectivity index is 1.94. The molecule has 0 amide bonds. The molecule has 2 atom stereocenters. The first-order valence-electron chi connectivity index (χ1n) is 7.40. The first-order valence-corrected chi connectivity index (χ1v) is 9.89. The highest BCUT2D eigenvalue weighted by Crippen LogP contribution is 2.38. The van der Waals surface area contributed by atoms with Crippen molar-refractivity contribution in [1.82, 2.24) is 8.87 Å². The molecule has 0 spiro atoms. The Morgan fingerprint density at radius 3 is 2.71 bits per heavy atom. The molecule has 0 aromatic carbocycles. The van der Waals surface area contributed by atoms with Crippen LogP contribution in [0.1, 0.15) is 38.4 Å². The largest absolute Gasteiger partial charge is 0.390 e. The number of hydrogen-bond donors (Lipinski definition) is 1. The van der Waals surface area contributed by atoms with E-state index in [2.05, 4.69) is 6.92 Å². The van der Waals surface area contributed by atoms with Crippen LogP contribution < -0.4 is 0 Å². The van der Waals surface area contributed by atoms with Gasteiger partial charge in [-0.3, -0.25) is 0 Å². The van der Waals surface area contributed by atoms with Crippen LogP contribution in [0.15, 0.2) is 17.2 Å². The molecule has 3 rings (SSSR count). The second kappa shape index (κ2) is 5.61. The van der Waals surface area contributed by atoms with E-state index in [4.69, 9.17) is 0 Å². The van der Waals surface area contributed by atoms with E-state index in [1.807, 2.05) is 23.3 Å². The highest BCUT2D eigenvalue weighted by molar-refractivity contribution is 8.00. The van der Waals surface area contributed by atoms with Crippen molar-refractivity contribution in [3.63, 3.8) is 0 Å². The van der Waals surface area contributed by atoms with E-state index in [9.17, 15) is 13.5 Å². The van der Waals surface area contributed by atoms with Crippen LogP contribution in [-0.4, -0.2) is 46.0 Å². The van der Waals surface area contributed by atoms with Crippen molar-refractivity contribution in [2.45, 2.75) is 55.5 Å². The Morgan fingerprint density at radius 2 is 2.10 bits per heavy atom. The molecule has 1 N–H and O–H groups in total. The van der Waals surface area contributed by atoms with Crippen LogP contribution in [0.5, 0.6) is 0 Å². The number of sulfonamides is 1. The number of hydrogen-bond acceptors (Lipinski definition) is 4. The zero-order chi connectivity index (χ0) is 15.2. The highest BCUT2D eigenvalue weighted by Gasteiger charge is 2.36. The van der Waals surface area contributed by atoms with Crippen molar-refractivity contribution in [3.05, 3.63) is 18.0 Å². The van der Waals surface area contributed by atoms with Crippen molar-refractivity contribution in [1.29, 1.82) is 0 Å². The number of aliphatic hydroxyl groups is 1. The van der Waals surface area contributed by atoms with Crippen LogP contribution in [0.3, 0.4) is 0 Å². The average molecular weight is 330 g/mol. The van der Waals surface area contributed by atoms with E-state index in [1.165, 1.54) is 0 Å². The van der Waals surface area contributed by atoms with Crippen molar-refractivity contribution in [2.75, 3.05) is 12.3 Å². The minimum Gasteiger partial charge on any atom is -0.390 e. The summed E-state index contributed by atoms with van der Waals surface area (Å²) in [5.41, 5.74) is 0.697. The third-order valence-electron chi connectivity index (χ3n) is 4.44. The first kappa shape index (κ1) is 15.4. The van der Waals surface area contributed by atoms with E-state index in [1.54, 1.807) is 16.6 Å². The molecule has 118 valence electrons. The first-order chi connectivity index (χ1) is 9.95. The molecule has 5 nitrogen and oxygen atoms in total. The van der Waals surface area contributed by atoms with E-state index in [0.29, 0.717) is 28.4 Å². The second-order valence-electron chi connectivity index (χ2n) is 5.90. The SMILES string of the molecule is CC1SCCN(S(=O)(=O)c2cc(CO)n(C3CC3)c2)C1C. The molecule has 7 heteroatoms. The smallest absolute Gasteiger partial charge is 0.244 e. The highest BCUT2D eigenvalue weighted by atomic mass is 32.2. The predicted molar refractivity (Wildman–Crippen MR) is 83.9 cm³/mol. The molecule has 1 saturated carbocycles. The summed E-state index contributed by atoms with van der Waals surface area (Å²) in [6.07, 6.45) is 3.83. The van der Waals surface area contributed by atoms with Crippen LogP contribution in [0.2, 0.25) is 0 Å². The molecular formula is C14H22N2O3S2. The minimum atomic E-state index is -3.47. The van der Waals surface area contributed by atoms with E-state index in [-0.39, 0.29) is 12.6 Å². The van der Waals surface area contributed by atoms with Gasteiger partial charge in [-0.15, -0.1) is 0 Å². The van der Waals surface area contributed by atoms with Crippen molar-refractivity contribution in [3.8, 4) is 0 Å². The standard InChI is InChI=1S/C14H22N2O3S2/c1-10-11(2)20-6-5-16(10)21(18,19)14-7-13(9-17)15(8-14)12-3-4-12/h7-8,10-12,17H,3-6,9H2,1-2H3. The van der Waals surface area contributed by atoms with E-state index >= 15 is 0 Å². The summed E-state index contributed by atoms with van der Waals surface area (Å²) in [7, 11) is -3.47. The van der Waals surface area contributed by atoms with Gasteiger partial charge in [-0.25, -0.2) is 8.42 Å². The Labute approximate surface area is 130 Å². The number of thioether (sulfide) groups is 1. The van der Waals surface area contributed by atoms with Crippen LogP contribution in [0.25, 0.3) is 0 Å². The quantitative estimate of drug-likeness (QED) is 0.915. The van der Waals surface area contributed by atoms with Crippen LogP contribution in [0.4, 0.5) is 0 Å². The molecule has 2 unspecified atom stereocenters. The lowest BCUT2D eigenvalue weighted by atomic mass is 10.2. The van der Waals surface area contributed by atoms with Gasteiger partial charge in [0.05, 0.1) is 6.61 Å². The fraction of sp³-hybridized carbons (Fsp3) is 0.714. The molecule has 1 aromatic heterocycles. The van der Waals surface area contributed by atoms with E-state index in [0.717, 1.165) is 18.6 Å². The van der Waals surface area contributed by atoms with Gasteiger partial charge in [0.2, 0.25) is 10.0 Å². The summed E-state index contributed by atoms with van der Waals surface area (Å²) in [6.45, 7) is 4.49. The van der Waals surface area contributed by atoms with Crippen molar-refractivity contribution >= 4 is 21.8 Å².